The molecule has 1 aliphatic heterocycles. The van der Waals surface area contributed by atoms with E-state index in [1.54, 1.807) is 0 Å². The largest absolute Gasteiger partial charge is 0.311 e. The van der Waals surface area contributed by atoms with Gasteiger partial charge < -0.3 is 10.6 Å². The first-order valence-corrected chi connectivity index (χ1v) is 4.23. The second-order valence-corrected chi connectivity index (χ2v) is 3.26. The average Bonchev–Trinajstić information content (AvgIpc) is 1.95. The molecular formula is C8H18N2. The molecule has 0 amide bonds. The zero-order valence-corrected chi connectivity index (χ0v) is 7.15. The van der Waals surface area contributed by atoms with Crippen molar-refractivity contribution in [3.05, 3.63) is 0 Å². The molecule has 0 radical (unpaired) electrons. The Hall–Kier alpha value is -0.0800. The van der Waals surface area contributed by atoms with E-state index in [0.717, 1.165) is 6.54 Å². The smallest absolute Gasteiger partial charge is 0.0193 e. The normalized spacial score (nSPS) is 41.7. The summed E-state index contributed by atoms with van der Waals surface area (Å²) in [6, 6.07) is 1.94. The Morgan fingerprint density at radius 1 is 1.30 bits per heavy atom. The number of hydrogen-bond acceptors (Lipinski definition) is 2. The highest BCUT2D eigenvalue weighted by atomic mass is 15.1. The second kappa shape index (κ2) is 3.35. The van der Waals surface area contributed by atoms with E-state index in [0.29, 0.717) is 18.1 Å². The van der Waals surface area contributed by atoms with E-state index in [1.165, 1.54) is 6.42 Å². The fourth-order valence-electron chi connectivity index (χ4n) is 1.34. The van der Waals surface area contributed by atoms with Crippen LogP contribution in [0.5, 0.6) is 0 Å². The van der Waals surface area contributed by atoms with Crippen LogP contribution in [-0.4, -0.2) is 24.7 Å². The second-order valence-electron chi connectivity index (χ2n) is 3.26. The van der Waals surface area contributed by atoms with Crippen molar-refractivity contribution in [1.29, 1.82) is 0 Å². The molecule has 1 saturated heterocycles. The van der Waals surface area contributed by atoms with Crippen LogP contribution >= 0.6 is 0 Å². The standard InChI is InChI=1S/C8H18N2/c1-4-8-5-9-6(2)7(3)10-8/h6-10H,4-5H2,1-3H3. The topological polar surface area (TPSA) is 24.1 Å². The predicted molar refractivity (Wildman–Crippen MR) is 44.1 cm³/mol. The quantitative estimate of drug-likeness (QED) is 0.564. The SMILES string of the molecule is CCC1CNC(C)C(C)N1. The minimum absolute atomic E-state index is 0.624. The molecule has 1 aliphatic rings. The lowest BCUT2D eigenvalue weighted by molar-refractivity contribution is 0.288. The Balaban J connectivity index is 2.33. The monoisotopic (exact) mass is 142 g/mol. The number of rotatable bonds is 1. The van der Waals surface area contributed by atoms with Crippen molar-refractivity contribution < 1.29 is 0 Å². The molecule has 0 aromatic rings. The van der Waals surface area contributed by atoms with E-state index in [-0.39, 0.29) is 0 Å². The Morgan fingerprint density at radius 3 is 2.50 bits per heavy atom. The molecule has 3 unspecified atom stereocenters. The lowest BCUT2D eigenvalue weighted by atomic mass is 10.0. The molecule has 0 aromatic carbocycles. The molecule has 0 saturated carbocycles. The van der Waals surface area contributed by atoms with Crippen LogP contribution in [-0.2, 0) is 0 Å². The summed E-state index contributed by atoms with van der Waals surface area (Å²) < 4.78 is 0. The highest BCUT2D eigenvalue weighted by Gasteiger charge is 2.20. The van der Waals surface area contributed by atoms with E-state index in [4.69, 9.17) is 0 Å². The maximum Gasteiger partial charge on any atom is 0.0193 e. The third kappa shape index (κ3) is 1.70. The van der Waals surface area contributed by atoms with E-state index in [2.05, 4.69) is 31.4 Å². The van der Waals surface area contributed by atoms with Crippen LogP contribution in [0, 0.1) is 0 Å². The number of nitrogens with one attached hydrogen (secondary N) is 2. The molecule has 60 valence electrons. The molecule has 3 atom stereocenters. The van der Waals surface area contributed by atoms with Gasteiger partial charge in [0.15, 0.2) is 0 Å². The summed E-state index contributed by atoms with van der Waals surface area (Å²) in [5, 5.41) is 7.02. The molecule has 1 rings (SSSR count). The number of piperazine rings is 1. The van der Waals surface area contributed by atoms with Crippen LogP contribution in [0.15, 0.2) is 0 Å². The summed E-state index contributed by atoms with van der Waals surface area (Å²) in [5.74, 6) is 0. The first-order valence-electron chi connectivity index (χ1n) is 4.23. The van der Waals surface area contributed by atoms with Gasteiger partial charge in [0.1, 0.15) is 0 Å². The van der Waals surface area contributed by atoms with Crippen LogP contribution in [0.2, 0.25) is 0 Å². The van der Waals surface area contributed by atoms with Crippen LogP contribution in [0.4, 0.5) is 0 Å². The van der Waals surface area contributed by atoms with Crippen molar-refractivity contribution in [2.75, 3.05) is 6.54 Å². The summed E-state index contributed by atoms with van der Waals surface area (Å²) in [6.07, 6.45) is 1.23. The third-order valence-electron chi connectivity index (χ3n) is 2.43. The molecule has 1 fully saturated rings. The summed E-state index contributed by atoms with van der Waals surface area (Å²) in [4.78, 5) is 0. The minimum atomic E-state index is 0.624. The lowest BCUT2D eigenvalue weighted by Crippen LogP contribution is -2.58. The minimum Gasteiger partial charge on any atom is -0.311 e. The highest BCUT2D eigenvalue weighted by molar-refractivity contribution is 4.85. The predicted octanol–water partition coefficient (Wildman–Crippen LogP) is 0.735. The van der Waals surface area contributed by atoms with Gasteiger partial charge >= 0.3 is 0 Å². The van der Waals surface area contributed by atoms with Gasteiger partial charge in [-0.15, -0.1) is 0 Å². The Bertz CT molecular complexity index is 103. The van der Waals surface area contributed by atoms with E-state index >= 15 is 0 Å². The van der Waals surface area contributed by atoms with Crippen LogP contribution in [0.25, 0.3) is 0 Å². The van der Waals surface area contributed by atoms with Gasteiger partial charge in [-0.3, -0.25) is 0 Å². The van der Waals surface area contributed by atoms with Gasteiger partial charge in [0.25, 0.3) is 0 Å². The summed E-state index contributed by atoms with van der Waals surface area (Å²) in [6.45, 7) is 7.81. The van der Waals surface area contributed by atoms with Crippen molar-refractivity contribution in [2.45, 2.75) is 45.3 Å². The molecule has 0 aliphatic carbocycles. The van der Waals surface area contributed by atoms with Crippen LogP contribution < -0.4 is 10.6 Å². The summed E-state index contributed by atoms with van der Waals surface area (Å²) in [7, 11) is 0. The highest BCUT2D eigenvalue weighted by Crippen LogP contribution is 2.02. The van der Waals surface area contributed by atoms with Gasteiger partial charge in [0.05, 0.1) is 0 Å². The van der Waals surface area contributed by atoms with Crippen molar-refractivity contribution in [3.63, 3.8) is 0 Å². The maximum atomic E-state index is 3.55. The van der Waals surface area contributed by atoms with Crippen molar-refractivity contribution >= 4 is 0 Å². The number of hydrogen-bond donors (Lipinski definition) is 2. The molecule has 0 bridgehead atoms. The fraction of sp³-hybridized carbons (Fsp3) is 1.00. The Labute approximate surface area is 63.4 Å². The molecule has 1 heterocycles. The van der Waals surface area contributed by atoms with E-state index in [9.17, 15) is 0 Å². The molecule has 10 heavy (non-hydrogen) atoms. The fourth-order valence-corrected chi connectivity index (χ4v) is 1.34. The Kier molecular flexibility index (Phi) is 2.69. The molecular weight excluding hydrogens is 124 g/mol. The zero-order chi connectivity index (χ0) is 7.56. The van der Waals surface area contributed by atoms with Crippen molar-refractivity contribution in [2.24, 2.45) is 0 Å². The van der Waals surface area contributed by atoms with Crippen LogP contribution in [0.1, 0.15) is 27.2 Å². The molecule has 0 aromatic heterocycles. The Morgan fingerprint density at radius 2 is 2.00 bits per heavy atom. The van der Waals surface area contributed by atoms with E-state index in [1.807, 2.05) is 0 Å². The van der Waals surface area contributed by atoms with Crippen LogP contribution in [0.3, 0.4) is 0 Å². The third-order valence-corrected chi connectivity index (χ3v) is 2.43. The summed E-state index contributed by atoms with van der Waals surface area (Å²) >= 11 is 0. The maximum absolute atomic E-state index is 3.55. The van der Waals surface area contributed by atoms with Crippen molar-refractivity contribution in [1.82, 2.24) is 10.6 Å². The summed E-state index contributed by atoms with van der Waals surface area (Å²) in [5.41, 5.74) is 0. The van der Waals surface area contributed by atoms with Gasteiger partial charge in [0, 0.05) is 24.7 Å². The van der Waals surface area contributed by atoms with Gasteiger partial charge in [-0.1, -0.05) is 6.92 Å². The first-order chi connectivity index (χ1) is 4.74. The first kappa shape index (κ1) is 8.02. The molecule has 2 heteroatoms. The zero-order valence-electron chi connectivity index (χ0n) is 7.15. The van der Waals surface area contributed by atoms with Gasteiger partial charge in [-0.25, -0.2) is 0 Å². The lowest BCUT2D eigenvalue weighted by Gasteiger charge is -2.34. The van der Waals surface area contributed by atoms with Crippen molar-refractivity contribution in [3.8, 4) is 0 Å². The average molecular weight is 142 g/mol. The molecule has 2 N–H and O–H groups in total. The van der Waals surface area contributed by atoms with Gasteiger partial charge in [-0.2, -0.15) is 0 Å². The molecule has 0 spiro atoms. The van der Waals surface area contributed by atoms with E-state index < -0.39 is 0 Å². The van der Waals surface area contributed by atoms with Gasteiger partial charge in [0.2, 0.25) is 0 Å². The van der Waals surface area contributed by atoms with Gasteiger partial charge in [-0.05, 0) is 20.3 Å². The molecule has 2 nitrogen and oxygen atoms in total.